The van der Waals surface area contributed by atoms with Crippen molar-refractivity contribution in [2.45, 2.75) is 32.3 Å². The minimum atomic E-state index is -1.49. The lowest BCUT2D eigenvalue weighted by Gasteiger charge is -2.25. The fourth-order valence-electron chi connectivity index (χ4n) is 1.35. The van der Waals surface area contributed by atoms with Gasteiger partial charge in [0.25, 0.3) is 0 Å². The van der Waals surface area contributed by atoms with Crippen molar-refractivity contribution in [2.75, 3.05) is 19.6 Å². The van der Waals surface area contributed by atoms with Gasteiger partial charge < -0.3 is 20.4 Å². The first-order chi connectivity index (χ1) is 8.32. The number of carboxylic acids is 1. The van der Waals surface area contributed by atoms with Crippen LogP contribution in [0.2, 0.25) is 0 Å². The van der Waals surface area contributed by atoms with E-state index in [-0.39, 0.29) is 13.0 Å². The summed E-state index contributed by atoms with van der Waals surface area (Å²) in [6.07, 6.45) is -0.218. The molecule has 0 rings (SSSR count). The average molecular weight is 257 g/mol. The fraction of sp³-hybridized carbons (Fsp3) is 0.727. The number of amides is 2. The summed E-state index contributed by atoms with van der Waals surface area (Å²) in [5, 5.41) is 29.2. The van der Waals surface area contributed by atoms with Crippen molar-refractivity contribution in [1.29, 1.82) is 5.26 Å². The van der Waals surface area contributed by atoms with E-state index < -0.39 is 24.0 Å². The van der Waals surface area contributed by atoms with Gasteiger partial charge in [-0.25, -0.2) is 4.79 Å². The predicted octanol–water partition coefficient (Wildman–Crippen LogP) is 0.157. The molecule has 2 amide bonds. The predicted molar refractivity (Wildman–Crippen MR) is 63.8 cm³/mol. The van der Waals surface area contributed by atoms with Gasteiger partial charge in [-0.15, -0.1) is 0 Å². The van der Waals surface area contributed by atoms with Gasteiger partial charge in [0.1, 0.15) is 0 Å². The van der Waals surface area contributed by atoms with Crippen LogP contribution in [-0.2, 0) is 4.79 Å². The fourth-order valence-corrected chi connectivity index (χ4v) is 1.35. The number of rotatable bonds is 7. The number of carbonyl (C=O) groups is 2. The highest BCUT2D eigenvalue weighted by atomic mass is 16.4. The Kier molecular flexibility index (Phi) is 6.75. The normalized spacial score (nSPS) is 13.2. The molecule has 7 heteroatoms. The van der Waals surface area contributed by atoms with E-state index in [9.17, 15) is 14.7 Å². The molecular formula is C11H19N3O4. The van der Waals surface area contributed by atoms with Crippen molar-refractivity contribution in [2.24, 2.45) is 0 Å². The maximum atomic E-state index is 11.7. The van der Waals surface area contributed by atoms with Gasteiger partial charge in [0, 0.05) is 19.6 Å². The second-order valence-electron chi connectivity index (χ2n) is 4.21. The molecular weight excluding hydrogens is 238 g/mol. The van der Waals surface area contributed by atoms with Gasteiger partial charge in [0.15, 0.2) is 0 Å². The molecule has 102 valence electrons. The molecule has 0 radical (unpaired) electrons. The monoisotopic (exact) mass is 257 g/mol. The van der Waals surface area contributed by atoms with Crippen LogP contribution in [0.1, 0.15) is 26.7 Å². The van der Waals surface area contributed by atoms with Crippen LogP contribution in [0.25, 0.3) is 0 Å². The van der Waals surface area contributed by atoms with E-state index in [4.69, 9.17) is 10.4 Å². The standard InChI is InChI=1S/C11H19N3O4/c1-3-14(6-4-5-12)10(17)13-8-11(2,18)7-9(15)16/h18H,3-4,6-8H2,1-2H3,(H,13,17)(H,15,16). The lowest BCUT2D eigenvalue weighted by molar-refractivity contribution is -0.141. The zero-order valence-electron chi connectivity index (χ0n) is 10.6. The van der Waals surface area contributed by atoms with Gasteiger partial charge in [0.2, 0.25) is 0 Å². The zero-order chi connectivity index (χ0) is 14.2. The number of hydrogen-bond acceptors (Lipinski definition) is 4. The number of aliphatic hydroxyl groups is 1. The van der Waals surface area contributed by atoms with E-state index >= 15 is 0 Å². The number of nitriles is 1. The zero-order valence-corrected chi connectivity index (χ0v) is 10.6. The van der Waals surface area contributed by atoms with Gasteiger partial charge in [0.05, 0.1) is 24.5 Å². The number of nitrogens with zero attached hydrogens (tertiary/aromatic N) is 2. The van der Waals surface area contributed by atoms with Gasteiger partial charge in [-0.1, -0.05) is 0 Å². The summed E-state index contributed by atoms with van der Waals surface area (Å²) in [6, 6.07) is 1.52. The van der Waals surface area contributed by atoms with Crippen LogP contribution in [0.15, 0.2) is 0 Å². The molecule has 18 heavy (non-hydrogen) atoms. The second kappa shape index (κ2) is 7.50. The molecule has 0 aliphatic rings. The molecule has 7 nitrogen and oxygen atoms in total. The van der Waals surface area contributed by atoms with E-state index in [2.05, 4.69) is 5.32 Å². The Morgan fingerprint density at radius 1 is 1.50 bits per heavy atom. The number of carbonyl (C=O) groups excluding carboxylic acids is 1. The largest absolute Gasteiger partial charge is 0.481 e. The molecule has 0 saturated carbocycles. The highest BCUT2D eigenvalue weighted by molar-refractivity contribution is 5.74. The van der Waals surface area contributed by atoms with Crippen molar-refractivity contribution in [3.63, 3.8) is 0 Å². The summed E-state index contributed by atoms with van der Waals surface area (Å²) < 4.78 is 0. The second-order valence-corrected chi connectivity index (χ2v) is 4.21. The van der Waals surface area contributed by atoms with Crippen LogP contribution >= 0.6 is 0 Å². The third-order valence-electron chi connectivity index (χ3n) is 2.31. The van der Waals surface area contributed by atoms with Crippen LogP contribution in [0.5, 0.6) is 0 Å². The summed E-state index contributed by atoms with van der Waals surface area (Å²) in [6.45, 7) is 3.70. The lowest BCUT2D eigenvalue weighted by Crippen LogP contribution is -2.47. The van der Waals surface area contributed by atoms with Gasteiger partial charge in [-0.3, -0.25) is 4.79 Å². The molecule has 0 bridgehead atoms. The first-order valence-electron chi connectivity index (χ1n) is 5.66. The Labute approximate surface area is 106 Å². The third-order valence-corrected chi connectivity index (χ3v) is 2.31. The van der Waals surface area contributed by atoms with Crippen molar-refractivity contribution in [1.82, 2.24) is 10.2 Å². The van der Waals surface area contributed by atoms with Crippen molar-refractivity contribution in [3.8, 4) is 6.07 Å². The first kappa shape index (κ1) is 16.2. The van der Waals surface area contributed by atoms with Crippen molar-refractivity contribution < 1.29 is 19.8 Å². The summed E-state index contributed by atoms with van der Waals surface area (Å²) in [5.41, 5.74) is -1.49. The maximum Gasteiger partial charge on any atom is 0.317 e. The van der Waals surface area contributed by atoms with Crippen LogP contribution in [0.3, 0.4) is 0 Å². The molecule has 0 aromatic heterocycles. The lowest BCUT2D eigenvalue weighted by atomic mass is 10.0. The van der Waals surface area contributed by atoms with Crippen molar-refractivity contribution >= 4 is 12.0 Å². The minimum absolute atomic E-state index is 0.152. The Morgan fingerprint density at radius 3 is 2.56 bits per heavy atom. The molecule has 0 heterocycles. The molecule has 0 aliphatic carbocycles. The Morgan fingerprint density at radius 2 is 2.11 bits per heavy atom. The third kappa shape index (κ3) is 6.70. The average Bonchev–Trinajstić information content (AvgIpc) is 2.26. The van der Waals surface area contributed by atoms with E-state index in [1.54, 1.807) is 6.92 Å². The summed E-state index contributed by atoms with van der Waals surface area (Å²) in [7, 11) is 0. The number of hydrogen-bond donors (Lipinski definition) is 3. The molecule has 0 fully saturated rings. The summed E-state index contributed by atoms with van der Waals surface area (Å²) in [4.78, 5) is 23.5. The number of nitrogens with one attached hydrogen (secondary N) is 1. The SMILES string of the molecule is CCN(CCC#N)C(=O)NCC(C)(O)CC(=O)O. The summed E-state index contributed by atoms with van der Waals surface area (Å²) in [5.74, 6) is -1.13. The number of urea groups is 1. The topological polar surface area (TPSA) is 114 Å². The maximum absolute atomic E-state index is 11.7. The van der Waals surface area contributed by atoms with Crippen LogP contribution in [0, 0.1) is 11.3 Å². The van der Waals surface area contributed by atoms with E-state index in [1.807, 2.05) is 6.07 Å². The number of carboxylic acid groups (broad SMARTS) is 1. The highest BCUT2D eigenvalue weighted by Crippen LogP contribution is 2.07. The summed E-state index contributed by atoms with van der Waals surface area (Å²) >= 11 is 0. The highest BCUT2D eigenvalue weighted by Gasteiger charge is 2.25. The minimum Gasteiger partial charge on any atom is -0.481 e. The van der Waals surface area contributed by atoms with Gasteiger partial charge in [-0.05, 0) is 13.8 Å². The van der Waals surface area contributed by atoms with Crippen LogP contribution in [0.4, 0.5) is 4.79 Å². The van der Waals surface area contributed by atoms with E-state index in [0.29, 0.717) is 13.1 Å². The Balaban J connectivity index is 4.22. The number of aliphatic carboxylic acids is 1. The molecule has 1 atom stereocenters. The van der Waals surface area contributed by atoms with Crippen molar-refractivity contribution in [3.05, 3.63) is 0 Å². The molecule has 0 aromatic rings. The molecule has 3 N–H and O–H groups in total. The Hall–Kier alpha value is -1.81. The van der Waals surface area contributed by atoms with Crippen LogP contribution < -0.4 is 5.32 Å². The van der Waals surface area contributed by atoms with Crippen LogP contribution in [-0.4, -0.2) is 52.3 Å². The Bertz CT molecular complexity index is 336. The van der Waals surface area contributed by atoms with E-state index in [0.717, 1.165) is 0 Å². The van der Waals surface area contributed by atoms with E-state index in [1.165, 1.54) is 11.8 Å². The van der Waals surface area contributed by atoms with Gasteiger partial charge >= 0.3 is 12.0 Å². The molecule has 0 saturated heterocycles. The first-order valence-corrected chi connectivity index (χ1v) is 5.66. The quantitative estimate of drug-likeness (QED) is 0.601. The smallest absolute Gasteiger partial charge is 0.317 e. The molecule has 1 unspecified atom stereocenters. The molecule has 0 spiro atoms. The van der Waals surface area contributed by atoms with Gasteiger partial charge in [-0.2, -0.15) is 5.26 Å². The molecule has 0 aliphatic heterocycles. The molecule has 0 aromatic carbocycles.